The molecule has 1 aliphatic carbocycles. The number of carbonyl (C=O) groups is 1. The van der Waals surface area contributed by atoms with Gasteiger partial charge in [-0.25, -0.2) is 9.78 Å². The number of carbonyl (C=O) groups excluding carboxylic acids is 1. The van der Waals surface area contributed by atoms with Crippen molar-refractivity contribution in [2.75, 3.05) is 5.32 Å². The average molecular weight is 407 g/mol. The lowest BCUT2D eigenvalue weighted by atomic mass is 9.68. The number of anilines is 1. The standard InChI is InChI=1S/C25H21N5O/c31-24(28-19-7-5-17(6-8-19)18-9-11-26-12-10-18)29-20-13-25(14-20)22-4-2-1-3-21(22)23-15-27-16-30(23)25/h1-12,15-16,20H,13-14H2,(H2,28,29,31). The van der Waals surface area contributed by atoms with Gasteiger partial charge in [-0.05, 0) is 53.8 Å². The van der Waals surface area contributed by atoms with Gasteiger partial charge in [-0.15, -0.1) is 0 Å². The molecule has 0 saturated heterocycles. The first-order valence-corrected chi connectivity index (χ1v) is 10.4. The molecule has 4 aromatic rings. The van der Waals surface area contributed by atoms with Gasteiger partial charge in [0.25, 0.3) is 0 Å². The summed E-state index contributed by atoms with van der Waals surface area (Å²) in [5.74, 6) is 0. The molecule has 6 heteroatoms. The highest BCUT2D eigenvalue weighted by atomic mass is 16.2. The first-order chi connectivity index (χ1) is 15.2. The van der Waals surface area contributed by atoms with Crippen LogP contribution in [0.5, 0.6) is 0 Å². The van der Waals surface area contributed by atoms with Crippen LogP contribution in [-0.4, -0.2) is 26.6 Å². The molecule has 6 nitrogen and oxygen atoms in total. The molecule has 0 radical (unpaired) electrons. The maximum Gasteiger partial charge on any atom is 0.319 e. The molecule has 31 heavy (non-hydrogen) atoms. The molecule has 1 fully saturated rings. The summed E-state index contributed by atoms with van der Waals surface area (Å²) in [4.78, 5) is 21.0. The predicted octanol–water partition coefficient (Wildman–Crippen LogP) is 4.65. The van der Waals surface area contributed by atoms with Crippen molar-refractivity contribution < 1.29 is 4.79 Å². The fourth-order valence-electron chi connectivity index (χ4n) is 4.99. The van der Waals surface area contributed by atoms with E-state index in [2.05, 4.69) is 49.4 Å². The topological polar surface area (TPSA) is 71.8 Å². The molecule has 2 amide bonds. The third-order valence-electron chi connectivity index (χ3n) is 6.46. The Morgan fingerprint density at radius 3 is 2.48 bits per heavy atom. The summed E-state index contributed by atoms with van der Waals surface area (Å²) < 4.78 is 2.27. The minimum absolute atomic E-state index is 0.0907. The highest BCUT2D eigenvalue weighted by Crippen LogP contribution is 2.54. The van der Waals surface area contributed by atoms with Gasteiger partial charge in [0.05, 0.1) is 23.8 Å². The highest BCUT2D eigenvalue weighted by Gasteiger charge is 2.52. The number of nitrogens with one attached hydrogen (secondary N) is 2. The quantitative estimate of drug-likeness (QED) is 0.519. The van der Waals surface area contributed by atoms with Gasteiger partial charge in [-0.3, -0.25) is 4.98 Å². The SMILES string of the molecule is O=C(Nc1ccc(-c2ccncc2)cc1)NC1CC2(C1)c1ccccc1-c1cncn12. The van der Waals surface area contributed by atoms with Gasteiger partial charge in [-0.2, -0.15) is 0 Å². The van der Waals surface area contributed by atoms with Crippen molar-refractivity contribution in [3.05, 3.63) is 91.1 Å². The second kappa shape index (κ2) is 6.80. The number of aromatic nitrogens is 3. The number of pyridine rings is 1. The minimum atomic E-state index is -0.173. The molecule has 0 unspecified atom stereocenters. The number of imidazole rings is 1. The van der Waals surface area contributed by atoms with Gasteiger partial charge < -0.3 is 15.2 Å². The number of urea groups is 1. The molecule has 2 N–H and O–H groups in total. The Kier molecular flexibility index (Phi) is 3.93. The molecule has 2 aromatic carbocycles. The third kappa shape index (κ3) is 2.83. The van der Waals surface area contributed by atoms with Crippen LogP contribution in [-0.2, 0) is 5.54 Å². The largest absolute Gasteiger partial charge is 0.335 e. The van der Waals surface area contributed by atoms with Crippen molar-refractivity contribution in [1.29, 1.82) is 0 Å². The maximum atomic E-state index is 12.6. The number of hydrogen-bond acceptors (Lipinski definition) is 3. The van der Waals surface area contributed by atoms with Gasteiger partial charge in [0.2, 0.25) is 0 Å². The second-order valence-electron chi connectivity index (χ2n) is 8.24. The van der Waals surface area contributed by atoms with Gasteiger partial charge in [0, 0.05) is 29.7 Å². The van der Waals surface area contributed by atoms with Crippen molar-refractivity contribution in [1.82, 2.24) is 19.9 Å². The van der Waals surface area contributed by atoms with Crippen LogP contribution in [0.3, 0.4) is 0 Å². The molecule has 0 bridgehead atoms. The first-order valence-electron chi connectivity index (χ1n) is 10.4. The van der Waals surface area contributed by atoms with E-state index < -0.39 is 0 Å². The Balaban J connectivity index is 1.12. The zero-order valence-corrected chi connectivity index (χ0v) is 16.8. The van der Waals surface area contributed by atoms with Gasteiger partial charge in [0.15, 0.2) is 0 Å². The van der Waals surface area contributed by atoms with Crippen molar-refractivity contribution >= 4 is 11.7 Å². The molecule has 2 aliphatic rings. The summed E-state index contributed by atoms with van der Waals surface area (Å²) in [5.41, 5.74) is 6.61. The summed E-state index contributed by atoms with van der Waals surface area (Å²) >= 11 is 0. The lowest BCUT2D eigenvalue weighted by Gasteiger charge is -2.47. The van der Waals surface area contributed by atoms with Crippen LogP contribution in [0, 0.1) is 0 Å². The van der Waals surface area contributed by atoms with Gasteiger partial charge in [-0.1, -0.05) is 36.4 Å². The lowest BCUT2D eigenvalue weighted by molar-refractivity contribution is 0.149. The van der Waals surface area contributed by atoms with Crippen LogP contribution < -0.4 is 10.6 Å². The number of rotatable bonds is 3. The van der Waals surface area contributed by atoms with E-state index in [1.54, 1.807) is 12.4 Å². The van der Waals surface area contributed by atoms with E-state index in [1.807, 2.05) is 48.9 Å². The third-order valence-corrected chi connectivity index (χ3v) is 6.46. The van der Waals surface area contributed by atoms with E-state index in [9.17, 15) is 4.79 Å². The Morgan fingerprint density at radius 2 is 1.68 bits per heavy atom. The van der Waals surface area contributed by atoms with Crippen molar-refractivity contribution in [2.45, 2.75) is 24.4 Å². The van der Waals surface area contributed by atoms with Crippen LogP contribution in [0.1, 0.15) is 18.4 Å². The average Bonchev–Trinajstić information content (AvgIpc) is 3.36. The van der Waals surface area contributed by atoms with Crippen LogP contribution in [0.25, 0.3) is 22.4 Å². The molecule has 2 aromatic heterocycles. The highest BCUT2D eigenvalue weighted by molar-refractivity contribution is 5.90. The minimum Gasteiger partial charge on any atom is -0.335 e. The fourth-order valence-corrected chi connectivity index (χ4v) is 4.99. The van der Waals surface area contributed by atoms with Crippen molar-refractivity contribution in [2.24, 2.45) is 0 Å². The molecule has 1 spiro atoms. The Hall–Kier alpha value is -3.93. The van der Waals surface area contributed by atoms with E-state index in [1.165, 1.54) is 11.1 Å². The smallest absolute Gasteiger partial charge is 0.319 e. The summed E-state index contributed by atoms with van der Waals surface area (Å²) in [7, 11) is 0. The van der Waals surface area contributed by atoms with E-state index in [4.69, 9.17) is 0 Å². The van der Waals surface area contributed by atoms with Crippen LogP contribution in [0.4, 0.5) is 10.5 Å². The van der Waals surface area contributed by atoms with Crippen molar-refractivity contribution in [3.63, 3.8) is 0 Å². The van der Waals surface area contributed by atoms with Crippen LogP contribution in [0.15, 0.2) is 85.6 Å². The Labute approximate surface area is 180 Å². The molecule has 6 rings (SSSR count). The monoisotopic (exact) mass is 407 g/mol. The summed E-state index contributed by atoms with van der Waals surface area (Å²) in [6.07, 6.45) is 9.11. The molecular weight excluding hydrogens is 386 g/mol. The van der Waals surface area contributed by atoms with E-state index in [0.717, 1.165) is 35.3 Å². The lowest BCUT2D eigenvalue weighted by Crippen LogP contribution is -2.56. The molecular formula is C25H21N5O. The van der Waals surface area contributed by atoms with Crippen molar-refractivity contribution in [3.8, 4) is 22.4 Å². The normalized spacial score (nSPS) is 20.6. The molecule has 1 aliphatic heterocycles. The predicted molar refractivity (Wildman–Crippen MR) is 120 cm³/mol. The second-order valence-corrected chi connectivity index (χ2v) is 8.24. The number of fused-ring (bicyclic) bond motifs is 5. The maximum absolute atomic E-state index is 12.6. The van der Waals surface area contributed by atoms with E-state index in [-0.39, 0.29) is 17.6 Å². The van der Waals surface area contributed by atoms with Crippen LogP contribution >= 0.6 is 0 Å². The number of nitrogens with zero attached hydrogens (tertiary/aromatic N) is 3. The molecule has 152 valence electrons. The number of amides is 2. The summed E-state index contributed by atoms with van der Waals surface area (Å²) in [6.45, 7) is 0. The van der Waals surface area contributed by atoms with Crippen LogP contribution in [0.2, 0.25) is 0 Å². The fraction of sp³-hybridized carbons (Fsp3) is 0.160. The Morgan fingerprint density at radius 1 is 0.935 bits per heavy atom. The molecule has 1 saturated carbocycles. The zero-order chi connectivity index (χ0) is 20.8. The first kappa shape index (κ1) is 17.9. The molecule has 3 heterocycles. The van der Waals surface area contributed by atoms with Gasteiger partial charge in [0.1, 0.15) is 0 Å². The summed E-state index contributed by atoms with van der Waals surface area (Å²) in [6, 6.07) is 20.2. The van der Waals surface area contributed by atoms with E-state index in [0.29, 0.717) is 0 Å². The molecule has 0 atom stereocenters. The summed E-state index contributed by atoms with van der Waals surface area (Å²) in [5, 5.41) is 6.07. The zero-order valence-electron chi connectivity index (χ0n) is 16.8. The number of hydrogen-bond donors (Lipinski definition) is 2. The van der Waals surface area contributed by atoms with E-state index >= 15 is 0 Å². The number of benzene rings is 2. The Bertz CT molecular complexity index is 1260. The van der Waals surface area contributed by atoms with Gasteiger partial charge >= 0.3 is 6.03 Å².